The van der Waals surface area contributed by atoms with E-state index in [0.29, 0.717) is 0 Å². The molecule has 1 amide bonds. The van der Waals surface area contributed by atoms with E-state index in [-0.39, 0.29) is 11.9 Å². The van der Waals surface area contributed by atoms with Gasteiger partial charge in [-0.3, -0.25) is 15.1 Å². The highest BCUT2D eigenvalue weighted by Gasteiger charge is 2.30. The number of likely N-dealkylation sites (tertiary alicyclic amines) is 1. The van der Waals surface area contributed by atoms with E-state index < -0.39 is 0 Å². The van der Waals surface area contributed by atoms with Crippen molar-refractivity contribution in [2.45, 2.75) is 45.6 Å². The fraction of sp³-hybridized carbons (Fsp3) is 0.909. The average Bonchev–Trinajstić information content (AvgIpc) is 2.68. The first-order chi connectivity index (χ1) is 7.22. The molecule has 2 atom stereocenters. The zero-order valence-corrected chi connectivity index (χ0v) is 9.83. The van der Waals surface area contributed by atoms with Crippen molar-refractivity contribution < 1.29 is 4.79 Å². The second kappa shape index (κ2) is 6.08. The van der Waals surface area contributed by atoms with Crippen LogP contribution < -0.4 is 11.3 Å². The van der Waals surface area contributed by atoms with Crippen molar-refractivity contribution >= 4 is 5.91 Å². The van der Waals surface area contributed by atoms with Crippen LogP contribution in [0.2, 0.25) is 0 Å². The molecule has 0 aromatic heterocycles. The fourth-order valence-corrected chi connectivity index (χ4v) is 2.50. The van der Waals surface area contributed by atoms with Crippen molar-refractivity contribution in [1.82, 2.24) is 10.3 Å². The van der Waals surface area contributed by atoms with E-state index in [4.69, 9.17) is 5.84 Å². The SMILES string of the molecule is CCCC1CCN(C(CC)C(=O)NN)C1. The molecule has 2 unspecified atom stereocenters. The highest BCUT2D eigenvalue weighted by Crippen LogP contribution is 2.23. The van der Waals surface area contributed by atoms with Crippen molar-refractivity contribution in [2.24, 2.45) is 11.8 Å². The quantitative estimate of drug-likeness (QED) is 0.405. The van der Waals surface area contributed by atoms with Gasteiger partial charge in [0.15, 0.2) is 0 Å². The van der Waals surface area contributed by atoms with Crippen molar-refractivity contribution in [3.8, 4) is 0 Å². The number of nitrogens with one attached hydrogen (secondary N) is 1. The molecule has 0 aromatic rings. The lowest BCUT2D eigenvalue weighted by Crippen LogP contribution is -2.48. The Morgan fingerprint density at radius 1 is 1.60 bits per heavy atom. The van der Waals surface area contributed by atoms with E-state index in [1.165, 1.54) is 19.3 Å². The summed E-state index contributed by atoms with van der Waals surface area (Å²) in [5.74, 6) is 5.91. The van der Waals surface area contributed by atoms with E-state index in [9.17, 15) is 4.79 Å². The Hall–Kier alpha value is -0.610. The molecule has 1 aliphatic rings. The minimum Gasteiger partial charge on any atom is -0.293 e. The summed E-state index contributed by atoms with van der Waals surface area (Å²) in [6, 6.07) is -0.0307. The molecule has 4 nitrogen and oxygen atoms in total. The zero-order chi connectivity index (χ0) is 11.3. The second-order valence-electron chi connectivity index (χ2n) is 4.37. The third kappa shape index (κ3) is 3.18. The largest absolute Gasteiger partial charge is 0.293 e. The van der Waals surface area contributed by atoms with Gasteiger partial charge in [-0.25, -0.2) is 5.84 Å². The Kier molecular flexibility index (Phi) is 5.05. The van der Waals surface area contributed by atoms with Gasteiger partial charge < -0.3 is 0 Å². The standard InChI is InChI=1S/C11H23N3O/c1-3-5-9-6-7-14(8-9)10(4-2)11(15)13-12/h9-10H,3-8,12H2,1-2H3,(H,13,15). The maximum absolute atomic E-state index is 11.5. The first kappa shape index (κ1) is 12.5. The average molecular weight is 213 g/mol. The van der Waals surface area contributed by atoms with E-state index in [2.05, 4.69) is 17.2 Å². The highest BCUT2D eigenvalue weighted by molar-refractivity contribution is 5.81. The summed E-state index contributed by atoms with van der Waals surface area (Å²) >= 11 is 0. The van der Waals surface area contributed by atoms with Crippen LogP contribution in [-0.4, -0.2) is 29.9 Å². The van der Waals surface area contributed by atoms with E-state index in [1.807, 2.05) is 6.92 Å². The summed E-state index contributed by atoms with van der Waals surface area (Å²) in [4.78, 5) is 13.8. The Bertz CT molecular complexity index is 208. The van der Waals surface area contributed by atoms with Gasteiger partial charge in [0.1, 0.15) is 0 Å². The second-order valence-corrected chi connectivity index (χ2v) is 4.37. The molecule has 1 aliphatic heterocycles. The van der Waals surface area contributed by atoms with E-state index in [1.54, 1.807) is 0 Å². The third-order valence-corrected chi connectivity index (χ3v) is 3.29. The Morgan fingerprint density at radius 3 is 2.87 bits per heavy atom. The molecular formula is C11H23N3O. The highest BCUT2D eigenvalue weighted by atomic mass is 16.2. The maximum atomic E-state index is 11.5. The van der Waals surface area contributed by atoms with Gasteiger partial charge in [0, 0.05) is 6.54 Å². The van der Waals surface area contributed by atoms with Crippen LogP contribution in [0.4, 0.5) is 0 Å². The fourth-order valence-electron chi connectivity index (χ4n) is 2.50. The van der Waals surface area contributed by atoms with E-state index in [0.717, 1.165) is 25.4 Å². The number of nitrogens with zero attached hydrogens (tertiary/aromatic N) is 1. The lowest BCUT2D eigenvalue weighted by Gasteiger charge is -2.25. The molecule has 4 heteroatoms. The maximum Gasteiger partial charge on any atom is 0.251 e. The van der Waals surface area contributed by atoms with Crippen LogP contribution in [0, 0.1) is 5.92 Å². The van der Waals surface area contributed by atoms with Crippen LogP contribution in [0.1, 0.15) is 39.5 Å². The molecule has 0 aromatic carbocycles. The molecule has 0 aliphatic carbocycles. The normalized spacial score (nSPS) is 24.1. The van der Waals surface area contributed by atoms with Crippen LogP contribution in [0.3, 0.4) is 0 Å². The first-order valence-electron chi connectivity index (χ1n) is 5.97. The summed E-state index contributed by atoms with van der Waals surface area (Å²) in [5.41, 5.74) is 2.26. The first-order valence-corrected chi connectivity index (χ1v) is 5.97. The summed E-state index contributed by atoms with van der Waals surface area (Å²) in [7, 11) is 0. The molecule has 0 spiro atoms. The van der Waals surface area contributed by atoms with Crippen molar-refractivity contribution in [1.29, 1.82) is 0 Å². The van der Waals surface area contributed by atoms with Gasteiger partial charge >= 0.3 is 0 Å². The van der Waals surface area contributed by atoms with E-state index >= 15 is 0 Å². The van der Waals surface area contributed by atoms with Crippen LogP contribution in [0.5, 0.6) is 0 Å². The summed E-state index contributed by atoms with van der Waals surface area (Å²) in [6.07, 6.45) is 4.57. The molecule has 15 heavy (non-hydrogen) atoms. The topological polar surface area (TPSA) is 58.4 Å². The molecule has 1 heterocycles. The van der Waals surface area contributed by atoms with Gasteiger partial charge in [0.25, 0.3) is 5.91 Å². The number of amides is 1. The Morgan fingerprint density at radius 2 is 2.33 bits per heavy atom. The number of carbonyl (C=O) groups is 1. The van der Waals surface area contributed by atoms with Gasteiger partial charge in [-0.15, -0.1) is 0 Å². The third-order valence-electron chi connectivity index (χ3n) is 3.29. The Labute approximate surface area is 92.2 Å². The van der Waals surface area contributed by atoms with Gasteiger partial charge in [-0.1, -0.05) is 20.3 Å². The molecule has 0 radical (unpaired) electrons. The monoisotopic (exact) mass is 213 g/mol. The number of hydrogen-bond donors (Lipinski definition) is 2. The lowest BCUT2D eigenvalue weighted by atomic mass is 10.0. The van der Waals surface area contributed by atoms with Crippen molar-refractivity contribution in [3.05, 3.63) is 0 Å². The smallest absolute Gasteiger partial charge is 0.251 e. The minimum atomic E-state index is -0.0466. The molecular weight excluding hydrogens is 190 g/mol. The molecule has 88 valence electrons. The molecule has 0 saturated carbocycles. The summed E-state index contributed by atoms with van der Waals surface area (Å²) < 4.78 is 0. The lowest BCUT2D eigenvalue weighted by molar-refractivity contribution is -0.126. The molecule has 0 bridgehead atoms. The van der Waals surface area contributed by atoms with Crippen LogP contribution in [-0.2, 0) is 4.79 Å². The van der Waals surface area contributed by atoms with Crippen LogP contribution in [0.15, 0.2) is 0 Å². The minimum absolute atomic E-state index is 0.0307. The van der Waals surface area contributed by atoms with Gasteiger partial charge in [-0.2, -0.15) is 0 Å². The number of hydrogen-bond acceptors (Lipinski definition) is 3. The molecule has 3 N–H and O–H groups in total. The van der Waals surface area contributed by atoms with Crippen molar-refractivity contribution in [2.75, 3.05) is 13.1 Å². The van der Waals surface area contributed by atoms with Crippen molar-refractivity contribution in [3.63, 3.8) is 0 Å². The zero-order valence-electron chi connectivity index (χ0n) is 9.83. The Balaban J connectivity index is 2.46. The number of carbonyl (C=O) groups excluding carboxylic acids is 1. The summed E-state index contributed by atoms with van der Waals surface area (Å²) in [6.45, 7) is 6.34. The van der Waals surface area contributed by atoms with Gasteiger partial charge in [-0.05, 0) is 31.7 Å². The van der Waals surface area contributed by atoms with Crippen LogP contribution in [0.25, 0.3) is 0 Å². The van der Waals surface area contributed by atoms with Gasteiger partial charge in [0.05, 0.1) is 6.04 Å². The number of rotatable bonds is 5. The van der Waals surface area contributed by atoms with Crippen LogP contribution >= 0.6 is 0 Å². The number of hydrazine groups is 1. The molecule has 1 rings (SSSR count). The van der Waals surface area contributed by atoms with Gasteiger partial charge in [0.2, 0.25) is 0 Å². The molecule has 1 saturated heterocycles. The predicted molar refractivity (Wildman–Crippen MR) is 61.0 cm³/mol. The predicted octanol–water partition coefficient (Wildman–Crippen LogP) is 0.877. The summed E-state index contributed by atoms with van der Waals surface area (Å²) in [5, 5.41) is 0. The number of nitrogens with two attached hydrogens (primary N) is 1. The molecule has 1 fully saturated rings.